The van der Waals surface area contributed by atoms with E-state index in [1.807, 2.05) is 13.0 Å². The molecule has 0 aromatic heterocycles. The molecule has 0 radical (unpaired) electrons. The lowest BCUT2D eigenvalue weighted by molar-refractivity contribution is 0.628. The Kier molecular flexibility index (Phi) is 8.41. The van der Waals surface area contributed by atoms with Gasteiger partial charge in [0, 0.05) is 33.9 Å². The molecule has 0 amide bonds. The zero-order valence-corrected chi connectivity index (χ0v) is 18.5. The molecule has 6 heteroatoms. The first-order valence-corrected chi connectivity index (χ1v) is 10.4. The number of nitrogens with two attached hydrogens (primary N) is 3. The molecule has 2 aromatic carbocycles. The van der Waals surface area contributed by atoms with E-state index in [4.69, 9.17) is 22.6 Å². The zero-order valence-electron chi connectivity index (χ0n) is 18.5. The summed E-state index contributed by atoms with van der Waals surface area (Å²) in [6.45, 7) is 13.6. The number of hydrogen-bond acceptors (Lipinski definition) is 5. The van der Waals surface area contributed by atoms with Gasteiger partial charge in [0.15, 0.2) is 0 Å². The summed E-state index contributed by atoms with van der Waals surface area (Å²) in [5.74, 6) is -0.307. The van der Waals surface area contributed by atoms with Gasteiger partial charge in [-0.1, -0.05) is 44.0 Å². The Labute approximate surface area is 189 Å². The fraction of sp³-hybridized carbons (Fsp3) is 0.192. The Balaban J connectivity index is 2.45. The predicted molar refractivity (Wildman–Crippen MR) is 134 cm³/mol. The van der Waals surface area contributed by atoms with Gasteiger partial charge in [0.25, 0.3) is 0 Å². The van der Waals surface area contributed by atoms with E-state index in [-0.39, 0.29) is 17.6 Å². The third kappa shape index (κ3) is 6.60. The Morgan fingerprint density at radius 3 is 2.38 bits per heavy atom. The molecule has 0 spiro atoms. The first-order valence-electron chi connectivity index (χ1n) is 10.4. The van der Waals surface area contributed by atoms with E-state index in [0.29, 0.717) is 41.2 Å². The number of benzene rings is 2. The molecule has 0 aliphatic carbocycles. The molecule has 2 aromatic rings. The maximum Gasteiger partial charge on any atom is 0.123 e. The summed E-state index contributed by atoms with van der Waals surface area (Å²) in [7, 11) is 0. The van der Waals surface area contributed by atoms with Crippen molar-refractivity contribution in [2.75, 3.05) is 5.73 Å². The summed E-state index contributed by atoms with van der Waals surface area (Å²) >= 11 is 0. The van der Waals surface area contributed by atoms with Crippen molar-refractivity contribution in [3.05, 3.63) is 102 Å². The molecule has 0 bridgehead atoms. The summed E-state index contributed by atoms with van der Waals surface area (Å²) in [4.78, 5) is 0. The minimum atomic E-state index is -0.307. The normalized spacial score (nSPS) is 11.8. The van der Waals surface area contributed by atoms with E-state index in [9.17, 15) is 4.39 Å². The molecule has 2 rings (SSSR count). The Bertz CT molecular complexity index is 1050. The van der Waals surface area contributed by atoms with Gasteiger partial charge in [0.05, 0.1) is 11.8 Å². The highest BCUT2D eigenvalue weighted by Gasteiger charge is 2.17. The van der Waals surface area contributed by atoms with Crippen LogP contribution in [0.15, 0.2) is 73.6 Å². The molecule has 1 atom stereocenters. The van der Waals surface area contributed by atoms with E-state index >= 15 is 0 Å². The van der Waals surface area contributed by atoms with Crippen molar-refractivity contribution in [2.45, 2.75) is 32.2 Å². The smallest absolute Gasteiger partial charge is 0.123 e. The monoisotopic (exact) mass is 433 g/mol. The molecule has 0 aliphatic rings. The van der Waals surface area contributed by atoms with Crippen molar-refractivity contribution in [3.63, 3.8) is 0 Å². The minimum absolute atomic E-state index is 0.169. The summed E-state index contributed by atoms with van der Waals surface area (Å²) in [6, 6.07) is 9.56. The highest BCUT2D eigenvalue weighted by Crippen LogP contribution is 2.28. The Morgan fingerprint density at radius 1 is 1.12 bits per heavy atom. The second kappa shape index (κ2) is 11.0. The Hall–Kier alpha value is -3.80. The fourth-order valence-corrected chi connectivity index (χ4v) is 3.29. The van der Waals surface area contributed by atoms with Gasteiger partial charge in [0.2, 0.25) is 0 Å². The highest BCUT2D eigenvalue weighted by molar-refractivity contribution is 6.13. The predicted octanol–water partition coefficient (Wildman–Crippen LogP) is 4.71. The zero-order chi connectivity index (χ0) is 23.8. The number of allylic oxidation sites excluding steroid dienone is 2. The molecule has 8 N–H and O–H groups in total. The van der Waals surface area contributed by atoms with Crippen LogP contribution >= 0.6 is 0 Å². The van der Waals surface area contributed by atoms with Crippen molar-refractivity contribution in [2.24, 2.45) is 11.5 Å². The largest absolute Gasteiger partial charge is 0.403 e. The molecule has 0 saturated carbocycles. The molecule has 0 heterocycles. The van der Waals surface area contributed by atoms with Crippen LogP contribution in [-0.4, -0.2) is 11.8 Å². The summed E-state index contributed by atoms with van der Waals surface area (Å²) in [6.07, 6.45) is 5.46. The first kappa shape index (κ1) is 24.5. The van der Waals surface area contributed by atoms with E-state index < -0.39 is 0 Å². The van der Waals surface area contributed by atoms with E-state index in [1.165, 1.54) is 12.1 Å². The van der Waals surface area contributed by atoms with Crippen molar-refractivity contribution < 1.29 is 4.39 Å². The minimum Gasteiger partial charge on any atom is -0.403 e. The van der Waals surface area contributed by atoms with Gasteiger partial charge in [-0.05, 0) is 61.6 Å². The third-order valence-corrected chi connectivity index (χ3v) is 5.12. The second-order valence-corrected chi connectivity index (χ2v) is 7.79. The molecule has 1 unspecified atom stereocenters. The molecule has 0 fully saturated rings. The number of anilines is 1. The maximum atomic E-state index is 13.2. The molecular formula is C26H32FN5. The van der Waals surface area contributed by atoms with Crippen LogP contribution in [0.4, 0.5) is 10.1 Å². The maximum absolute atomic E-state index is 13.2. The number of hydrogen-bond donors (Lipinski definition) is 5. The second-order valence-electron chi connectivity index (χ2n) is 7.79. The molecule has 0 aliphatic heterocycles. The lowest BCUT2D eigenvalue weighted by atomic mass is 9.90. The molecular weight excluding hydrogens is 401 g/mol. The summed E-state index contributed by atoms with van der Waals surface area (Å²) in [5, 5.41) is 12.0. The van der Waals surface area contributed by atoms with Gasteiger partial charge in [-0.3, -0.25) is 0 Å². The molecule has 32 heavy (non-hydrogen) atoms. The van der Waals surface area contributed by atoms with Gasteiger partial charge in [-0.2, -0.15) is 0 Å². The van der Waals surface area contributed by atoms with Gasteiger partial charge in [-0.25, -0.2) is 4.39 Å². The Morgan fingerprint density at radius 2 is 1.78 bits per heavy atom. The highest BCUT2D eigenvalue weighted by atomic mass is 19.1. The lowest BCUT2D eigenvalue weighted by Crippen LogP contribution is -2.29. The number of nitrogens with one attached hydrogen (secondary N) is 2. The number of halogens is 1. The van der Waals surface area contributed by atoms with Crippen LogP contribution in [0.25, 0.3) is 11.8 Å². The SMILES string of the molecule is C=C(N)CCCc1c(C(=C)NC(C)C(=C)N)ccc(N)c1C(=N)/C=C/c1ccc(F)cc1. The van der Waals surface area contributed by atoms with Gasteiger partial charge < -0.3 is 27.9 Å². The van der Waals surface area contributed by atoms with Crippen molar-refractivity contribution in [1.82, 2.24) is 5.32 Å². The van der Waals surface area contributed by atoms with E-state index in [0.717, 1.165) is 23.1 Å². The van der Waals surface area contributed by atoms with Crippen LogP contribution in [0.5, 0.6) is 0 Å². The van der Waals surface area contributed by atoms with E-state index in [1.54, 1.807) is 30.4 Å². The van der Waals surface area contributed by atoms with E-state index in [2.05, 4.69) is 25.1 Å². The molecule has 168 valence electrons. The van der Waals surface area contributed by atoms with Crippen LogP contribution in [0.2, 0.25) is 0 Å². The van der Waals surface area contributed by atoms with Gasteiger partial charge >= 0.3 is 0 Å². The van der Waals surface area contributed by atoms with Crippen LogP contribution in [0.3, 0.4) is 0 Å². The first-order chi connectivity index (χ1) is 15.1. The fourth-order valence-electron chi connectivity index (χ4n) is 3.29. The summed E-state index contributed by atoms with van der Waals surface area (Å²) < 4.78 is 13.2. The lowest BCUT2D eigenvalue weighted by Gasteiger charge is -2.22. The number of nitrogen functional groups attached to an aromatic ring is 1. The average molecular weight is 434 g/mol. The third-order valence-electron chi connectivity index (χ3n) is 5.12. The molecule has 0 saturated heterocycles. The summed E-state index contributed by atoms with van der Waals surface area (Å²) in [5.41, 5.74) is 23.6. The average Bonchev–Trinajstić information content (AvgIpc) is 2.72. The van der Waals surface area contributed by atoms with Crippen LogP contribution < -0.4 is 22.5 Å². The van der Waals surface area contributed by atoms with Crippen molar-refractivity contribution in [3.8, 4) is 0 Å². The van der Waals surface area contributed by atoms with Gasteiger partial charge in [-0.15, -0.1) is 0 Å². The van der Waals surface area contributed by atoms with Crippen molar-refractivity contribution >= 4 is 23.2 Å². The van der Waals surface area contributed by atoms with Crippen molar-refractivity contribution in [1.29, 1.82) is 5.41 Å². The van der Waals surface area contributed by atoms with Crippen LogP contribution in [-0.2, 0) is 6.42 Å². The number of rotatable bonds is 11. The quantitative estimate of drug-likeness (QED) is 0.261. The van der Waals surface area contributed by atoms with Crippen LogP contribution in [0.1, 0.15) is 42.0 Å². The topological polar surface area (TPSA) is 114 Å². The van der Waals surface area contributed by atoms with Gasteiger partial charge in [0.1, 0.15) is 5.82 Å². The van der Waals surface area contributed by atoms with Crippen LogP contribution in [0, 0.1) is 11.2 Å². The molecule has 5 nitrogen and oxygen atoms in total. The standard InChI is InChI=1S/C26H32FN5/c1-16(28)6-5-7-23-22(19(4)32-18(3)17(2)29)13-15-25(31)26(23)24(30)14-10-20-8-11-21(27)12-9-20/h8-15,18,30,32H,1-2,4-7,28-29,31H2,3H3/b14-10+,30-24?.